The zero-order valence-electron chi connectivity index (χ0n) is 15.3. The van der Waals surface area contributed by atoms with Crippen molar-refractivity contribution in [1.82, 2.24) is 4.90 Å². The van der Waals surface area contributed by atoms with Crippen LogP contribution < -0.4 is 9.80 Å². The standard InChI is InChI=1S/C21H22ClN3O2/c1-23-10-11-24(13-15-4-2-3-5-19(15)23)21(27)16-12-20(26)25(14-16)18-8-6-17(22)7-9-18/h2-9,16H,10-14H2,1H3. The van der Waals surface area contributed by atoms with Gasteiger partial charge in [0.15, 0.2) is 0 Å². The number of carbonyl (C=O) groups excluding carboxylic acids is 2. The topological polar surface area (TPSA) is 43.9 Å². The molecule has 1 atom stereocenters. The Hall–Kier alpha value is -2.53. The molecular weight excluding hydrogens is 362 g/mol. The van der Waals surface area contributed by atoms with Gasteiger partial charge in [-0.1, -0.05) is 29.8 Å². The van der Waals surface area contributed by atoms with Crippen molar-refractivity contribution in [3.05, 3.63) is 59.1 Å². The highest BCUT2D eigenvalue weighted by molar-refractivity contribution is 6.30. The Morgan fingerprint density at radius 2 is 1.81 bits per heavy atom. The lowest BCUT2D eigenvalue weighted by Crippen LogP contribution is -2.39. The molecule has 4 rings (SSSR count). The highest BCUT2D eigenvalue weighted by Crippen LogP contribution is 2.29. The van der Waals surface area contributed by atoms with E-state index < -0.39 is 0 Å². The van der Waals surface area contributed by atoms with E-state index in [1.165, 1.54) is 0 Å². The van der Waals surface area contributed by atoms with Crippen molar-refractivity contribution in [2.24, 2.45) is 5.92 Å². The number of para-hydroxylation sites is 1. The first-order chi connectivity index (χ1) is 13.0. The maximum Gasteiger partial charge on any atom is 0.228 e. The van der Waals surface area contributed by atoms with Crippen LogP contribution in [-0.4, -0.2) is 43.4 Å². The van der Waals surface area contributed by atoms with Gasteiger partial charge in [0.1, 0.15) is 0 Å². The predicted octanol–water partition coefficient (Wildman–Crippen LogP) is 3.17. The summed E-state index contributed by atoms with van der Waals surface area (Å²) in [7, 11) is 2.05. The second kappa shape index (κ2) is 7.24. The third kappa shape index (κ3) is 3.52. The predicted molar refractivity (Wildman–Crippen MR) is 107 cm³/mol. The average Bonchev–Trinajstić information content (AvgIpc) is 2.98. The number of amides is 2. The lowest BCUT2D eigenvalue weighted by molar-refractivity contribution is -0.136. The number of hydrogen-bond donors (Lipinski definition) is 0. The van der Waals surface area contributed by atoms with Crippen LogP contribution in [0.2, 0.25) is 5.02 Å². The molecular formula is C21H22ClN3O2. The molecule has 1 unspecified atom stereocenters. The summed E-state index contributed by atoms with van der Waals surface area (Å²) in [4.78, 5) is 31.4. The van der Waals surface area contributed by atoms with Crippen LogP contribution >= 0.6 is 11.6 Å². The molecule has 6 heteroatoms. The summed E-state index contributed by atoms with van der Waals surface area (Å²) >= 11 is 5.94. The summed E-state index contributed by atoms with van der Waals surface area (Å²) in [6, 6.07) is 15.4. The summed E-state index contributed by atoms with van der Waals surface area (Å²) in [5.74, 6) is -0.253. The molecule has 1 saturated heterocycles. The number of nitrogens with zero attached hydrogens (tertiary/aromatic N) is 3. The summed E-state index contributed by atoms with van der Waals surface area (Å²) in [6.07, 6.45) is 0.259. The van der Waals surface area contributed by atoms with E-state index in [1.807, 2.05) is 36.2 Å². The minimum atomic E-state index is -0.302. The highest BCUT2D eigenvalue weighted by atomic mass is 35.5. The van der Waals surface area contributed by atoms with Crippen LogP contribution in [-0.2, 0) is 16.1 Å². The lowest BCUT2D eigenvalue weighted by atomic mass is 10.1. The molecule has 0 radical (unpaired) electrons. The normalized spacial score (nSPS) is 19.9. The Labute approximate surface area is 164 Å². The summed E-state index contributed by atoms with van der Waals surface area (Å²) in [5.41, 5.74) is 3.10. The van der Waals surface area contributed by atoms with E-state index in [2.05, 4.69) is 17.0 Å². The van der Waals surface area contributed by atoms with E-state index in [0.29, 0.717) is 24.7 Å². The third-order valence-corrected chi connectivity index (χ3v) is 5.65. The minimum Gasteiger partial charge on any atom is -0.373 e. The van der Waals surface area contributed by atoms with Crippen molar-refractivity contribution < 1.29 is 9.59 Å². The molecule has 2 aromatic rings. The van der Waals surface area contributed by atoms with Crippen molar-refractivity contribution in [2.45, 2.75) is 13.0 Å². The zero-order valence-corrected chi connectivity index (χ0v) is 16.0. The third-order valence-electron chi connectivity index (χ3n) is 5.39. The molecule has 140 valence electrons. The number of rotatable bonds is 2. The summed E-state index contributed by atoms with van der Waals surface area (Å²) < 4.78 is 0. The van der Waals surface area contributed by atoms with Gasteiger partial charge in [0, 0.05) is 56.0 Å². The largest absolute Gasteiger partial charge is 0.373 e. The number of hydrogen-bond acceptors (Lipinski definition) is 3. The van der Waals surface area contributed by atoms with Gasteiger partial charge in [-0.2, -0.15) is 0 Å². The number of carbonyl (C=O) groups is 2. The van der Waals surface area contributed by atoms with Crippen LogP contribution in [0.5, 0.6) is 0 Å². The van der Waals surface area contributed by atoms with Gasteiger partial charge in [-0.25, -0.2) is 0 Å². The second-order valence-electron chi connectivity index (χ2n) is 7.19. The molecule has 0 saturated carbocycles. The van der Waals surface area contributed by atoms with Gasteiger partial charge in [0.2, 0.25) is 11.8 Å². The first kappa shape index (κ1) is 17.9. The summed E-state index contributed by atoms with van der Waals surface area (Å²) in [6.45, 7) is 2.46. The molecule has 0 bridgehead atoms. The van der Waals surface area contributed by atoms with Gasteiger partial charge < -0.3 is 14.7 Å². The van der Waals surface area contributed by atoms with E-state index in [0.717, 1.165) is 23.5 Å². The van der Waals surface area contributed by atoms with Gasteiger partial charge >= 0.3 is 0 Å². The fourth-order valence-electron chi connectivity index (χ4n) is 3.88. The number of benzene rings is 2. The monoisotopic (exact) mass is 383 g/mol. The molecule has 2 aliphatic heterocycles. The van der Waals surface area contributed by atoms with Gasteiger partial charge in [-0.15, -0.1) is 0 Å². The Morgan fingerprint density at radius 3 is 2.59 bits per heavy atom. The van der Waals surface area contributed by atoms with Crippen LogP contribution in [0, 0.1) is 5.92 Å². The Bertz CT molecular complexity index is 868. The van der Waals surface area contributed by atoms with Crippen LogP contribution in [0.1, 0.15) is 12.0 Å². The first-order valence-corrected chi connectivity index (χ1v) is 9.54. The van der Waals surface area contributed by atoms with E-state index >= 15 is 0 Å². The Balaban J connectivity index is 1.50. The molecule has 27 heavy (non-hydrogen) atoms. The minimum absolute atomic E-state index is 0.0111. The van der Waals surface area contributed by atoms with E-state index in [4.69, 9.17) is 11.6 Å². The smallest absolute Gasteiger partial charge is 0.228 e. The van der Waals surface area contributed by atoms with Crippen molar-refractivity contribution in [2.75, 3.05) is 36.5 Å². The van der Waals surface area contributed by atoms with Crippen LogP contribution in [0.25, 0.3) is 0 Å². The van der Waals surface area contributed by atoms with Crippen molar-refractivity contribution in [3.63, 3.8) is 0 Å². The SMILES string of the molecule is CN1CCN(C(=O)C2CC(=O)N(c3ccc(Cl)cc3)C2)Cc2ccccc21. The maximum atomic E-state index is 13.2. The Kier molecular flexibility index (Phi) is 4.79. The summed E-state index contributed by atoms with van der Waals surface area (Å²) in [5, 5.41) is 0.630. The Morgan fingerprint density at radius 1 is 1.07 bits per heavy atom. The van der Waals surface area contributed by atoms with Crippen molar-refractivity contribution >= 4 is 34.8 Å². The fraction of sp³-hybridized carbons (Fsp3) is 0.333. The molecule has 2 aromatic carbocycles. The van der Waals surface area contributed by atoms with E-state index in [-0.39, 0.29) is 24.2 Å². The molecule has 2 aliphatic rings. The molecule has 2 heterocycles. The maximum absolute atomic E-state index is 13.2. The quantitative estimate of drug-likeness (QED) is 0.800. The van der Waals surface area contributed by atoms with Crippen molar-refractivity contribution in [1.29, 1.82) is 0 Å². The zero-order chi connectivity index (χ0) is 19.0. The van der Waals surface area contributed by atoms with Crippen LogP contribution in [0.3, 0.4) is 0 Å². The fourth-order valence-corrected chi connectivity index (χ4v) is 4.01. The molecule has 0 N–H and O–H groups in total. The number of fused-ring (bicyclic) bond motifs is 1. The van der Waals surface area contributed by atoms with Gasteiger partial charge in [-0.05, 0) is 35.9 Å². The second-order valence-corrected chi connectivity index (χ2v) is 7.63. The number of halogens is 1. The highest BCUT2D eigenvalue weighted by Gasteiger charge is 2.37. The van der Waals surface area contributed by atoms with Crippen LogP contribution in [0.4, 0.5) is 11.4 Å². The van der Waals surface area contributed by atoms with E-state index in [9.17, 15) is 9.59 Å². The van der Waals surface area contributed by atoms with Crippen molar-refractivity contribution in [3.8, 4) is 0 Å². The van der Waals surface area contributed by atoms with Gasteiger partial charge in [-0.3, -0.25) is 9.59 Å². The molecule has 2 amide bonds. The molecule has 0 spiro atoms. The lowest BCUT2D eigenvalue weighted by Gasteiger charge is -2.24. The van der Waals surface area contributed by atoms with Crippen LogP contribution in [0.15, 0.2) is 48.5 Å². The molecule has 5 nitrogen and oxygen atoms in total. The van der Waals surface area contributed by atoms with Gasteiger partial charge in [0.05, 0.1) is 5.92 Å². The molecule has 0 aliphatic carbocycles. The van der Waals surface area contributed by atoms with E-state index in [1.54, 1.807) is 17.0 Å². The molecule has 0 aromatic heterocycles. The number of likely N-dealkylation sites (N-methyl/N-ethyl adjacent to an activating group) is 1. The first-order valence-electron chi connectivity index (χ1n) is 9.16. The number of anilines is 2. The average molecular weight is 384 g/mol. The van der Waals surface area contributed by atoms with Gasteiger partial charge in [0.25, 0.3) is 0 Å². The molecule has 1 fully saturated rings.